The minimum Gasteiger partial charge on any atom is -0.379 e. The van der Waals surface area contributed by atoms with Gasteiger partial charge in [0, 0.05) is 13.1 Å². The Morgan fingerprint density at radius 2 is 1.67 bits per heavy atom. The molecule has 24 heavy (non-hydrogen) atoms. The van der Waals surface area contributed by atoms with Crippen LogP contribution in [-0.4, -0.2) is 61.4 Å². The number of carbonyl (C=O) groups excluding carboxylic acids is 2. The maximum Gasteiger partial charge on any atom is 0.335 e. The van der Waals surface area contributed by atoms with Gasteiger partial charge in [-0.15, -0.1) is 5.06 Å². The van der Waals surface area contributed by atoms with Crippen LogP contribution in [0.15, 0.2) is 30.3 Å². The first-order chi connectivity index (χ1) is 11.6. The summed E-state index contributed by atoms with van der Waals surface area (Å²) < 4.78 is 5.29. The van der Waals surface area contributed by atoms with Crippen molar-refractivity contribution in [3.05, 3.63) is 35.9 Å². The number of hydroxylamine groups is 2. The first kappa shape index (κ1) is 16.7. The molecule has 1 aromatic rings. The number of piperidine rings is 1. The monoisotopic (exact) mass is 333 g/mol. The van der Waals surface area contributed by atoms with Gasteiger partial charge in [-0.3, -0.25) is 0 Å². The largest absolute Gasteiger partial charge is 0.379 e. The molecule has 0 bridgehead atoms. The lowest BCUT2D eigenvalue weighted by Crippen LogP contribution is -2.52. The molecule has 3 rings (SSSR count). The first-order valence-corrected chi connectivity index (χ1v) is 8.27. The van der Waals surface area contributed by atoms with Gasteiger partial charge in [-0.1, -0.05) is 30.3 Å². The zero-order valence-corrected chi connectivity index (χ0v) is 13.6. The molecule has 0 atom stereocenters. The van der Waals surface area contributed by atoms with Crippen molar-refractivity contribution in [3.8, 4) is 0 Å². The molecule has 2 N–H and O–H groups in total. The second kappa shape index (κ2) is 7.19. The predicted molar refractivity (Wildman–Crippen MR) is 87.0 cm³/mol. The fourth-order valence-electron chi connectivity index (χ4n) is 3.32. The van der Waals surface area contributed by atoms with E-state index in [0.29, 0.717) is 52.2 Å². The third kappa shape index (κ3) is 3.37. The van der Waals surface area contributed by atoms with Crippen molar-refractivity contribution in [1.82, 2.24) is 9.96 Å². The zero-order valence-electron chi connectivity index (χ0n) is 13.6. The molecule has 0 radical (unpaired) electrons. The van der Waals surface area contributed by atoms with Crippen LogP contribution < -0.4 is 5.73 Å². The third-order valence-corrected chi connectivity index (χ3v) is 4.83. The highest BCUT2D eigenvalue weighted by Gasteiger charge is 2.45. The van der Waals surface area contributed by atoms with Crippen molar-refractivity contribution >= 4 is 12.0 Å². The smallest absolute Gasteiger partial charge is 0.335 e. The lowest BCUT2D eigenvalue weighted by Gasteiger charge is -2.40. The second-order valence-corrected chi connectivity index (χ2v) is 6.19. The molecule has 1 aromatic carbocycles. The Hall–Kier alpha value is -2.12. The average molecular weight is 333 g/mol. The molecule has 0 saturated carbocycles. The van der Waals surface area contributed by atoms with Gasteiger partial charge in [0.15, 0.2) is 0 Å². The van der Waals surface area contributed by atoms with E-state index >= 15 is 0 Å². The highest BCUT2D eigenvalue weighted by molar-refractivity contribution is 5.84. The molecule has 0 aliphatic carbocycles. The Balaban J connectivity index is 1.80. The van der Waals surface area contributed by atoms with Crippen LogP contribution in [0, 0.1) is 0 Å². The lowest BCUT2D eigenvalue weighted by molar-refractivity contribution is -0.213. The number of ether oxygens (including phenoxy) is 1. The van der Waals surface area contributed by atoms with E-state index in [1.54, 1.807) is 9.96 Å². The zero-order chi connectivity index (χ0) is 17.0. The topological polar surface area (TPSA) is 85.1 Å². The number of nitrogens with two attached hydrogens (primary N) is 1. The maximum absolute atomic E-state index is 13.0. The summed E-state index contributed by atoms with van der Waals surface area (Å²) in [5, 5.41) is 1.66. The third-order valence-electron chi connectivity index (χ3n) is 4.83. The average Bonchev–Trinajstić information content (AvgIpc) is 2.63. The summed E-state index contributed by atoms with van der Waals surface area (Å²) in [7, 11) is 0. The van der Waals surface area contributed by atoms with E-state index in [4.69, 9.17) is 15.3 Å². The van der Waals surface area contributed by atoms with Gasteiger partial charge >= 0.3 is 12.0 Å². The predicted octanol–water partition coefficient (Wildman–Crippen LogP) is 0.889. The van der Waals surface area contributed by atoms with Gasteiger partial charge in [0.1, 0.15) is 0 Å². The fourth-order valence-corrected chi connectivity index (χ4v) is 3.32. The number of urea groups is 1. The van der Waals surface area contributed by atoms with Crippen molar-refractivity contribution in [1.29, 1.82) is 0 Å². The van der Waals surface area contributed by atoms with Gasteiger partial charge in [-0.25, -0.2) is 9.59 Å². The van der Waals surface area contributed by atoms with Crippen molar-refractivity contribution in [2.45, 2.75) is 18.3 Å². The quantitative estimate of drug-likeness (QED) is 0.888. The summed E-state index contributed by atoms with van der Waals surface area (Å²) >= 11 is 0. The number of morpholine rings is 1. The Kier molecular flexibility index (Phi) is 5.01. The van der Waals surface area contributed by atoms with Crippen molar-refractivity contribution < 1.29 is 19.2 Å². The van der Waals surface area contributed by atoms with Gasteiger partial charge < -0.3 is 20.2 Å². The summed E-state index contributed by atoms with van der Waals surface area (Å²) in [6.07, 6.45) is 1.01. The minimum atomic E-state index is -0.745. The molecule has 2 aliphatic heterocycles. The van der Waals surface area contributed by atoms with Crippen LogP contribution >= 0.6 is 0 Å². The van der Waals surface area contributed by atoms with Crippen molar-refractivity contribution in [2.24, 2.45) is 5.73 Å². The standard InChI is InChI=1S/C17H23N3O4/c18-16(22)19-8-6-17(7-9-19,14-4-2-1-3-5-14)15(21)24-20-10-12-23-13-11-20/h1-5H,6-13H2,(H2,18,22). The Morgan fingerprint density at radius 3 is 2.25 bits per heavy atom. The highest BCUT2D eigenvalue weighted by atomic mass is 16.7. The molecule has 2 fully saturated rings. The van der Waals surface area contributed by atoms with E-state index in [-0.39, 0.29) is 5.97 Å². The molecule has 0 aromatic heterocycles. The van der Waals surface area contributed by atoms with Gasteiger partial charge in [0.2, 0.25) is 0 Å². The number of hydrogen-bond acceptors (Lipinski definition) is 5. The fraction of sp³-hybridized carbons (Fsp3) is 0.529. The number of primary amides is 1. The number of nitrogens with zero attached hydrogens (tertiary/aromatic N) is 2. The van der Waals surface area contributed by atoms with Crippen LogP contribution in [0.5, 0.6) is 0 Å². The molecule has 2 amide bonds. The molecule has 2 saturated heterocycles. The molecule has 7 heteroatoms. The maximum atomic E-state index is 13.0. The summed E-state index contributed by atoms with van der Waals surface area (Å²) in [6.45, 7) is 3.15. The number of likely N-dealkylation sites (tertiary alicyclic amines) is 1. The number of rotatable bonds is 3. The van der Waals surface area contributed by atoms with Gasteiger partial charge in [-0.2, -0.15) is 0 Å². The Labute approximate surface area is 141 Å². The van der Waals surface area contributed by atoms with E-state index in [1.807, 2.05) is 30.3 Å². The Bertz CT molecular complexity index is 579. The Morgan fingerprint density at radius 1 is 1.04 bits per heavy atom. The number of hydrogen-bond donors (Lipinski definition) is 1. The van der Waals surface area contributed by atoms with Crippen molar-refractivity contribution in [3.63, 3.8) is 0 Å². The van der Waals surface area contributed by atoms with Crippen LogP contribution in [0.3, 0.4) is 0 Å². The highest BCUT2D eigenvalue weighted by Crippen LogP contribution is 2.37. The summed E-state index contributed by atoms with van der Waals surface area (Å²) in [5.74, 6) is -0.264. The van der Waals surface area contributed by atoms with Crippen LogP contribution in [0.4, 0.5) is 4.79 Å². The molecule has 130 valence electrons. The summed E-state index contributed by atoms with van der Waals surface area (Å²) in [5.41, 5.74) is 5.55. The van der Waals surface area contributed by atoms with Crippen LogP contribution in [0.2, 0.25) is 0 Å². The second-order valence-electron chi connectivity index (χ2n) is 6.19. The van der Waals surface area contributed by atoms with Gasteiger partial charge in [-0.05, 0) is 18.4 Å². The number of benzene rings is 1. The van der Waals surface area contributed by atoms with Gasteiger partial charge in [0.05, 0.1) is 31.7 Å². The lowest BCUT2D eigenvalue weighted by atomic mass is 9.73. The normalized spacial score (nSPS) is 21.2. The van der Waals surface area contributed by atoms with Crippen LogP contribution in [0.1, 0.15) is 18.4 Å². The van der Waals surface area contributed by atoms with Crippen LogP contribution in [0.25, 0.3) is 0 Å². The van der Waals surface area contributed by atoms with Crippen molar-refractivity contribution in [2.75, 3.05) is 39.4 Å². The van der Waals surface area contributed by atoms with E-state index < -0.39 is 11.4 Å². The number of amides is 2. The summed E-state index contributed by atoms with van der Waals surface area (Å²) in [6, 6.07) is 9.20. The van der Waals surface area contributed by atoms with E-state index in [0.717, 1.165) is 5.56 Å². The van der Waals surface area contributed by atoms with E-state index in [9.17, 15) is 9.59 Å². The first-order valence-electron chi connectivity index (χ1n) is 8.27. The molecule has 0 unspecified atom stereocenters. The molecule has 7 nitrogen and oxygen atoms in total. The molecule has 2 aliphatic rings. The SMILES string of the molecule is NC(=O)N1CCC(C(=O)ON2CCOCC2)(c2ccccc2)CC1. The number of carbonyl (C=O) groups is 2. The van der Waals surface area contributed by atoms with Gasteiger partial charge in [0.25, 0.3) is 0 Å². The summed E-state index contributed by atoms with van der Waals surface area (Å²) in [4.78, 5) is 31.7. The molecular weight excluding hydrogens is 310 g/mol. The van der Waals surface area contributed by atoms with E-state index in [2.05, 4.69) is 0 Å². The molecule has 2 heterocycles. The molecule has 0 spiro atoms. The van der Waals surface area contributed by atoms with Crippen LogP contribution in [-0.2, 0) is 19.8 Å². The van der Waals surface area contributed by atoms with E-state index in [1.165, 1.54) is 0 Å². The molecular formula is C17H23N3O4. The minimum absolute atomic E-state index is 0.264.